The first-order valence-corrected chi connectivity index (χ1v) is 7.34. The van der Waals surface area contributed by atoms with Gasteiger partial charge in [0.25, 0.3) is 0 Å². The molecular weight excluding hydrogens is 290 g/mol. The van der Waals surface area contributed by atoms with Crippen molar-refractivity contribution < 1.29 is 0 Å². The number of nitrogens with two attached hydrogens (primary N) is 1. The number of hydrogen-bond donors (Lipinski definition) is 2. The highest BCUT2D eigenvalue weighted by molar-refractivity contribution is 5.91. The van der Waals surface area contributed by atoms with Crippen molar-refractivity contribution in [3.8, 4) is 11.3 Å². The van der Waals surface area contributed by atoms with Crippen LogP contribution < -0.4 is 16.0 Å². The summed E-state index contributed by atoms with van der Waals surface area (Å²) in [6.45, 7) is 0.820. The number of aryl methyl sites for hydroxylation is 1. The Bertz CT molecular complexity index is 884. The summed E-state index contributed by atoms with van der Waals surface area (Å²) in [7, 11) is 4.03. The van der Waals surface area contributed by atoms with E-state index in [0.29, 0.717) is 5.82 Å². The maximum absolute atomic E-state index is 5.66. The highest BCUT2D eigenvalue weighted by Crippen LogP contribution is 2.42. The van der Waals surface area contributed by atoms with Gasteiger partial charge in [0.15, 0.2) is 0 Å². The Hall–Kier alpha value is -3.09. The van der Waals surface area contributed by atoms with Crippen LogP contribution >= 0.6 is 0 Å². The lowest BCUT2D eigenvalue weighted by Crippen LogP contribution is -2.22. The molecule has 1 aromatic carbocycles. The number of nitrogens with one attached hydrogen (secondary N) is 1. The predicted molar refractivity (Wildman–Crippen MR) is 90.5 cm³/mol. The maximum Gasteiger partial charge on any atom is 0.221 e. The second-order valence-electron chi connectivity index (χ2n) is 5.66. The Balaban J connectivity index is 1.82. The lowest BCUT2D eigenvalue weighted by atomic mass is 9.99. The van der Waals surface area contributed by atoms with E-state index in [0.717, 1.165) is 29.2 Å². The average molecular weight is 307 g/mol. The number of nitrogens with zero attached hydrogens (tertiary/aromatic N) is 5. The van der Waals surface area contributed by atoms with Gasteiger partial charge in [0.2, 0.25) is 5.95 Å². The molecule has 4 rings (SSSR count). The van der Waals surface area contributed by atoms with E-state index in [1.54, 1.807) is 12.3 Å². The third-order valence-corrected chi connectivity index (χ3v) is 3.92. The topological polar surface area (TPSA) is 84.9 Å². The molecule has 3 heterocycles. The van der Waals surface area contributed by atoms with Crippen molar-refractivity contribution in [2.75, 3.05) is 23.0 Å². The van der Waals surface area contributed by atoms with Crippen LogP contribution in [0.25, 0.3) is 11.3 Å². The molecule has 0 radical (unpaired) electrons. The molecule has 0 spiro atoms. The molecule has 23 heavy (non-hydrogen) atoms. The number of para-hydroxylation sites is 1. The Kier molecular flexibility index (Phi) is 2.94. The van der Waals surface area contributed by atoms with Crippen molar-refractivity contribution >= 4 is 23.1 Å². The number of anilines is 4. The Morgan fingerprint density at radius 3 is 2.91 bits per heavy atom. The summed E-state index contributed by atoms with van der Waals surface area (Å²) < 4.78 is 1.86. The Morgan fingerprint density at radius 2 is 2.09 bits per heavy atom. The number of aromatic nitrogens is 4. The smallest absolute Gasteiger partial charge is 0.221 e. The second kappa shape index (κ2) is 4.98. The number of rotatable bonds is 2. The van der Waals surface area contributed by atoms with Crippen molar-refractivity contribution in [3.63, 3.8) is 0 Å². The average Bonchev–Trinajstić information content (AvgIpc) is 2.88. The van der Waals surface area contributed by atoms with Crippen molar-refractivity contribution in [2.24, 2.45) is 7.05 Å². The maximum atomic E-state index is 5.66. The zero-order valence-corrected chi connectivity index (χ0v) is 13.0. The van der Waals surface area contributed by atoms with Gasteiger partial charge in [-0.05, 0) is 12.1 Å². The molecule has 7 nitrogen and oxygen atoms in total. The van der Waals surface area contributed by atoms with Crippen molar-refractivity contribution in [3.05, 3.63) is 42.2 Å². The molecule has 1 aliphatic rings. The van der Waals surface area contributed by atoms with Crippen LogP contribution in [0.2, 0.25) is 0 Å². The minimum Gasteiger partial charge on any atom is -0.368 e. The molecule has 0 atom stereocenters. The molecule has 0 unspecified atom stereocenters. The molecule has 0 aliphatic carbocycles. The number of fused-ring (bicyclic) bond motifs is 3. The summed E-state index contributed by atoms with van der Waals surface area (Å²) >= 11 is 0. The van der Waals surface area contributed by atoms with E-state index in [4.69, 9.17) is 5.73 Å². The molecule has 0 fully saturated rings. The van der Waals surface area contributed by atoms with Gasteiger partial charge in [-0.3, -0.25) is 4.68 Å². The highest BCUT2D eigenvalue weighted by Gasteiger charge is 2.25. The van der Waals surface area contributed by atoms with Crippen LogP contribution in [0.15, 0.2) is 36.7 Å². The van der Waals surface area contributed by atoms with Gasteiger partial charge < -0.3 is 16.0 Å². The minimum absolute atomic E-state index is 0.250. The molecule has 0 bridgehead atoms. The van der Waals surface area contributed by atoms with E-state index >= 15 is 0 Å². The zero-order valence-electron chi connectivity index (χ0n) is 13.0. The third kappa shape index (κ3) is 2.26. The molecule has 1 aliphatic heterocycles. The standard InChI is InChI=1S/C16H17N7/c1-22-8-10-9-23(2)21-14(10)11-4-3-5-12(15(11)22)19-13-6-7-18-16(17)20-13/h3-7,9H,8H2,1-2H3,(H3,17,18,19,20). The third-order valence-electron chi connectivity index (χ3n) is 3.92. The fraction of sp³-hybridized carbons (Fsp3) is 0.188. The quantitative estimate of drug-likeness (QED) is 0.754. The summed E-state index contributed by atoms with van der Waals surface area (Å²) in [6.07, 6.45) is 3.71. The van der Waals surface area contributed by atoms with E-state index in [2.05, 4.69) is 44.6 Å². The van der Waals surface area contributed by atoms with Crippen LogP contribution in [0.1, 0.15) is 5.56 Å². The molecule has 7 heteroatoms. The Labute approximate surface area is 133 Å². The monoisotopic (exact) mass is 307 g/mol. The first kappa shape index (κ1) is 13.6. The van der Waals surface area contributed by atoms with Gasteiger partial charge in [-0.15, -0.1) is 0 Å². The molecule has 3 aromatic rings. The van der Waals surface area contributed by atoms with Gasteiger partial charge in [-0.2, -0.15) is 10.1 Å². The summed E-state index contributed by atoms with van der Waals surface area (Å²) in [5.74, 6) is 0.922. The molecule has 2 aromatic heterocycles. The van der Waals surface area contributed by atoms with Crippen molar-refractivity contribution in [1.29, 1.82) is 0 Å². The first-order chi connectivity index (χ1) is 11.1. The van der Waals surface area contributed by atoms with E-state index in [1.165, 1.54) is 5.56 Å². The van der Waals surface area contributed by atoms with Crippen LogP contribution in [0, 0.1) is 0 Å². The van der Waals surface area contributed by atoms with E-state index in [-0.39, 0.29) is 5.95 Å². The highest BCUT2D eigenvalue weighted by atomic mass is 15.3. The van der Waals surface area contributed by atoms with Crippen LogP contribution in [-0.2, 0) is 13.6 Å². The van der Waals surface area contributed by atoms with Gasteiger partial charge in [-0.25, -0.2) is 4.98 Å². The largest absolute Gasteiger partial charge is 0.368 e. The number of benzene rings is 1. The van der Waals surface area contributed by atoms with Crippen LogP contribution in [0.4, 0.5) is 23.1 Å². The van der Waals surface area contributed by atoms with Crippen molar-refractivity contribution in [1.82, 2.24) is 19.7 Å². The molecule has 0 saturated carbocycles. The number of nitrogen functional groups attached to an aromatic ring is 1. The Morgan fingerprint density at radius 1 is 1.22 bits per heavy atom. The fourth-order valence-electron chi connectivity index (χ4n) is 3.04. The lowest BCUT2D eigenvalue weighted by molar-refractivity contribution is 0.770. The zero-order chi connectivity index (χ0) is 16.0. The van der Waals surface area contributed by atoms with Gasteiger partial charge in [0, 0.05) is 44.2 Å². The fourth-order valence-corrected chi connectivity index (χ4v) is 3.04. The molecular formula is C16H17N7. The van der Waals surface area contributed by atoms with E-state index in [1.807, 2.05) is 23.9 Å². The molecule has 116 valence electrons. The van der Waals surface area contributed by atoms with E-state index in [9.17, 15) is 0 Å². The van der Waals surface area contributed by atoms with E-state index < -0.39 is 0 Å². The van der Waals surface area contributed by atoms with Crippen LogP contribution in [0.5, 0.6) is 0 Å². The van der Waals surface area contributed by atoms with Gasteiger partial charge in [0.05, 0.1) is 17.1 Å². The second-order valence-corrected chi connectivity index (χ2v) is 5.66. The van der Waals surface area contributed by atoms with Crippen LogP contribution in [-0.4, -0.2) is 26.8 Å². The van der Waals surface area contributed by atoms with Crippen LogP contribution in [0.3, 0.4) is 0 Å². The van der Waals surface area contributed by atoms with Gasteiger partial charge in [0.1, 0.15) is 5.82 Å². The molecule has 3 N–H and O–H groups in total. The molecule has 0 amide bonds. The predicted octanol–water partition coefficient (Wildman–Crippen LogP) is 2.15. The van der Waals surface area contributed by atoms with Gasteiger partial charge >= 0.3 is 0 Å². The normalized spacial score (nSPS) is 12.7. The number of hydrogen-bond acceptors (Lipinski definition) is 6. The van der Waals surface area contributed by atoms with Gasteiger partial charge in [-0.1, -0.05) is 12.1 Å². The van der Waals surface area contributed by atoms with Crippen molar-refractivity contribution in [2.45, 2.75) is 6.54 Å². The SMILES string of the molecule is CN1Cc2cn(C)nc2-c2cccc(Nc3ccnc(N)n3)c21. The lowest BCUT2D eigenvalue weighted by Gasteiger charge is -2.29. The minimum atomic E-state index is 0.250. The summed E-state index contributed by atoms with van der Waals surface area (Å²) in [5.41, 5.74) is 11.1. The first-order valence-electron chi connectivity index (χ1n) is 7.34. The summed E-state index contributed by atoms with van der Waals surface area (Å²) in [4.78, 5) is 10.3. The molecule has 0 saturated heterocycles. The summed E-state index contributed by atoms with van der Waals surface area (Å²) in [6, 6.07) is 7.94. The summed E-state index contributed by atoms with van der Waals surface area (Å²) in [5, 5.41) is 7.94.